The summed E-state index contributed by atoms with van der Waals surface area (Å²) in [7, 11) is 0. The topological polar surface area (TPSA) is 71.0 Å². The zero-order chi connectivity index (χ0) is 25.3. The summed E-state index contributed by atoms with van der Waals surface area (Å²) in [5.41, 5.74) is 2.12. The van der Waals surface area contributed by atoms with E-state index in [1.807, 2.05) is 24.3 Å². The number of aromatic hydroxyl groups is 1. The van der Waals surface area contributed by atoms with E-state index in [-0.39, 0.29) is 37.1 Å². The molecule has 1 atom stereocenters. The second-order valence-corrected chi connectivity index (χ2v) is 8.95. The van der Waals surface area contributed by atoms with Gasteiger partial charge in [-0.05, 0) is 41.3 Å². The number of halogens is 3. The van der Waals surface area contributed by atoms with Crippen LogP contribution in [-0.2, 0) is 30.6 Å². The van der Waals surface area contributed by atoms with Crippen molar-refractivity contribution in [3.05, 3.63) is 88.5 Å². The maximum absolute atomic E-state index is 13.5. The molecule has 1 saturated heterocycles. The van der Waals surface area contributed by atoms with Crippen LogP contribution in [0.25, 0.3) is 0 Å². The SMILES string of the molecule is O=C(c1c(O)cc(C(F)(F)F)cc1OCc1ccccc1)N1Cc2cccc(N[C@H]3CCOC3)c2C1. The minimum atomic E-state index is -4.71. The van der Waals surface area contributed by atoms with E-state index in [2.05, 4.69) is 5.32 Å². The number of hydrogen-bond donors (Lipinski definition) is 2. The Morgan fingerprint density at radius 2 is 1.92 bits per heavy atom. The molecule has 2 heterocycles. The number of phenolic OH excluding ortho intramolecular Hbond substituents is 1. The Labute approximate surface area is 206 Å². The number of amides is 1. The van der Waals surface area contributed by atoms with Gasteiger partial charge in [-0.25, -0.2) is 0 Å². The molecule has 1 amide bonds. The first-order valence-corrected chi connectivity index (χ1v) is 11.6. The maximum atomic E-state index is 13.5. The van der Waals surface area contributed by atoms with E-state index in [1.54, 1.807) is 24.3 Å². The van der Waals surface area contributed by atoms with Crippen molar-refractivity contribution in [2.45, 2.75) is 38.3 Å². The molecule has 2 aliphatic rings. The third-order valence-electron chi connectivity index (χ3n) is 6.42. The summed E-state index contributed by atoms with van der Waals surface area (Å²) >= 11 is 0. The summed E-state index contributed by atoms with van der Waals surface area (Å²) in [6.07, 6.45) is -3.83. The van der Waals surface area contributed by atoms with Gasteiger partial charge in [-0.3, -0.25) is 4.79 Å². The molecule has 188 valence electrons. The number of nitrogens with one attached hydrogen (secondary N) is 1. The number of nitrogens with zero attached hydrogens (tertiary/aromatic N) is 1. The van der Waals surface area contributed by atoms with Gasteiger partial charge in [0.2, 0.25) is 0 Å². The fraction of sp³-hybridized carbons (Fsp3) is 0.296. The molecule has 3 aromatic carbocycles. The zero-order valence-electron chi connectivity index (χ0n) is 19.3. The number of ether oxygens (including phenoxy) is 2. The molecule has 0 aromatic heterocycles. The molecular formula is C27H25F3N2O4. The minimum absolute atomic E-state index is 0.0559. The van der Waals surface area contributed by atoms with Gasteiger partial charge in [-0.2, -0.15) is 13.2 Å². The third kappa shape index (κ3) is 4.97. The van der Waals surface area contributed by atoms with Gasteiger partial charge in [0.15, 0.2) is 0 Å². The van der Waals surface area contributed by atoms with Crippen LogP contribution in [0, 0.1) is 0 Å². The molecule has 1 fully saturated rings. The van der Waals surface area contributed by atoms with Crippen molar-refractivity contribution in [3.63, 3.8) is 0 Å². The minimum Gasteiger partial charge on any atom is -0.507 e. The van der Waals surface area contributed by atoms with Crippen LogP contribution in [0.4, 0.5) is 18.9 Å². The van der Waals surface area contributed by atoms with Gasteiger partial charge < -0.3 is 24.8 Å². The fourth-order valence-electron chi connectivity index (χ4n) is 4.56. The summed E-state index contributed by atoms with van der Waals surface area (Å²) in [5, 5.41) is 14.0. The molecule has 0 bridgehead atoms. The number of anilines is 1. The predicted octanol–water partition coefficient (Wildman–Crippen LogP) is 5.35. The summed E-state index contributed by atoms with van der Waals surface area (Å²) in [4.78, 5) is 15.0. The van der Waals surface area contributed by atoms with Crippen LogP contribution in [0.3, 0.4) is 0 Å². The fourth-order valence-corrected chi connectivity index (χ4v) is 4.56. The highest BCUT2D eigenvalue weighted by molar-refractivity contribution is 6.00. The predicted molar refractivity (Wildman–Crippen MR) is 127 cm³/mol. The van der Waals surface area contributed by atoms with Gasteiger partial charge in [0.25, 0.3) is 5.91 Å². The largest absolute Gasteiger partial charge is 0.507 e. The number of phenols is 1. The van der Waals surface area contributed by atoms with Gasteiger partial charge in [0.1, 0.15) is 23.7 Å². The first-order valence-electron chi connectivity index (χ1n) is 11.6. The van der Waals surface area contributed by atoms with E-state index >= 15 is 0 Å². The first-order chi connectivity index (χ1) is 17.3. The van der Waals surface area contributed by atoms with Crippen molar-refractivity contribution in [1.29, 1.82) is 0 Å². The van der Waals surface area contributed by atoms with Crippen LogP contribution in [-0.4, -0.2) is 35.2 Å². The average Bonchev–Trinajstić information content (AvgIpc) is 3.52. The number of alkyl halides is 3. The molecule has 2 N–H and O–H groups in total. The van der Waals surface area contributed by atoms with Gasteiger partial charge in [0.05, 0.1) is 18.2 Å². The van der Waals surface area contributed by atoms with Crippen molar-refractivity contribution in [3.8, 4) is 11.5 Å². The van der Waals surface area contributed by atoms with Crippen LogP contribution in [0.15, 0.2) is 60.7 Å². The van der Waals surface area contributed by atoms with Crippen molar-refractivity contribution in [2.75, 3.05) is 18.5 Å². The lowest BCUT2D eigenvalue weighted by Gasteiger charge is -2.21. The van der Waals surface area contributed by atoms with Gasteiger partial charge in [-0.15, -0.1) is 0 Å². The molecule has 2 aliphatic heterocycles. The first kappa shape index (κ1) is 24.0. The highest BCUT2D eigenvalue weighted by Crippen LogP contribution is 2.40. The third-order valence-corrected chi connectivity index (χ3v) is 6.42. The lowest BCUT2D eigenvalue weighted by molar-refractivity contribution is -0.137. The van der Waals surface area contributed by atoms with Crippen molar-refractivity contribution in [1.82, 2.24) is 4.90 Å². The van der Waals surface area contributed by atoms with E-state index in [0.29, 0.717) is 24.8 Å². The summed E-state index contributed by atoms with van der Waals surface area (Å²) < 4.78 is 51.5. The number of carbonyl (C=O) groups excluding carboxylic acids is 1. The van der Waals surface area contributed by atoms with Gasteiger partial charge in [0, 0.05) is 25.4 Å². The van der Waals surface area contributed by atoms with E-state index in [0.717, 1.165) is 29.3 Å². The molecule has 0 aliphatic carbocycles. The zero-order valence-corrected chi connectivity index (χ0v) is 19.3. The molecule has 5 rings (SSSR count). The smallest absolute Gasteiger partial charge is 0.416 e. The molecular weight excluding hydrogens is 473 g/mol. The molecule has 6 nitrogen and oxygen atoms in total. The lowest BCUT2D eigenvalue weighted by atomic mass is 10.1. The van der Waals surface area contributed by atoms with Crippen molar-refractivity contribution >= 4 is 11.6 Å². The van der Waals surface area contributed by atoms with Crippen LogP contribution in [0.5, 0.6) is 11.5 Å². The Hall–Kier alpha value is -3.72. The van der Waals surface area contributed by atoms with Crippen molar-refractivity contribution < 1.29 is 32.5 Å². The molecule has 0 radical (unpaired) electrons. The number of fused-ring (bicyclic) bond motifs is 1. The molecule has 0 unspecified atom stereocenters. The summed E-state index contributed by atoms with van der Waals surface area (Å²) in [6.45, 7) is 1.76. The molecule has 0 saturated carbocycles. The number of benzene rings is 3. The summed E-state index contributed by atoms with van der Waals surface area (Å²) in [6, 6.07) is 16.2. The number of rotatable bonds is 6. The molecule has 36 heavy (non-hydrogen) atoms. The standard InChI is InChI=1S/C27H25F3N2O4/c28-27(29,30)19-11-23(33)25(24(12-19)36-15-17-5-2-1-3-6-17)26(34)32-13-18-7-4-8-22(21(18)14-32)31-20-9-10-35-16-20/h1-8,11-12,20,31,33H,9-10,13-16H2/t20-/m0/s1. The second kappa shape index (κ2) is 9.73. The van der Waals surface area contributed by atoms with E-state index in [1.165, 1.54) is 4.90 Å². The number of carbonyl (C=O) groups is 1. The van der Waals surface area contributed by atoms with Gasteiger partial charge in [-0.1, -0.05) is 42.5 Å². The monoisotopic (exact) mass is 498 g/mol. The highest BCUT2D eigenvalue weighted by atomic mass is 19.4. The Balaban J connectivity index is 1.43. The normalized spacial score (nSPS) is 17.2. The number of hydrogen-bond acceptors (Lipinski definition) is 5. The van der Waals surface area contributed by atoms with Crippen LogP contribution < -0.4 is 10.1 Å². The molecule has 9 heteroatoms. The Kier molecular flexibility index (Phi) is 6.49. The van der Waals surface area contributed by atoms with Crippen LogP contribution in [0.2, 0.25) is 0 Å². The van der Waals surface area contributed by atoms with E-state index in [4.69, 9.17) is 9.47 Å². The summed E-state index contributed by atoms with van der Waals surface area (Å²) in [5.74, 6) is -1.68. The molecule has 3 aromatic rings. The average molecular weight is 499 g/mol. The quantitative estimate of drug-likeness (QED) is 0.480. The van der Waals surface area contributed by atoms with Gasteiger partial charge >= 0.3 is 6.18 Å². The Morgan fingerprint density at radius 3 is 2.64 bits per heavy atom. The van der Waals surface area contributed by atoms with E-state index in [9.17, 15) is 23.1 Å². The molecule has 0 spiro atoms. The van der Waals surface area contributed by atoms with Crippen molar-refractivity contribution in [2.24, 2.45) is 0 Å². The Bertz CT molecular complexity index is 1260. The maximum Gasteiger partial charge on any atom is 0.416 e. The van der Waals surface area contributed by atoms with E-state index < -0.39 is 23.4 Å². The Morgan fingerprint density at radius 1 is 1.11 bits per heavy atom. The second-order valence-electron chi connectivity index (χ2n) is 8.95. The highest BCUT2D eigenvalue weighted by Gasteiger charge is 2.36. The van der Waals surface area contributed by atoms with Crippen LogP contribution in [0.1, 0.15) is 39.0 Å². The lowest BCUT2D eigenvalue weighted by Crippen LogP contribution is -2.26. The van der Waals surface area contributed by atoms with Crippen LogP contribution >= 0.6 is 0 Å².